The number of carbonyl (C=O) groups excluding carboxylic acids is 2. The maximum absolute atomic E-state index is 11.8. The molecule has 1 unspecified atom stereocenters. The van der Waals surface area contributed by atoms with Crippen molar-refractivity contribution in [1.29, 1.82) is 0 Å². The van der Waals surface area contributed by atoms with Gasteiger partial charge < -0.3 is 15.5 Å². The van der Waals surface area contributed by atoms with Crippen LogP contribution in [0.15, 0.2) is 24.3 Å². The Hall–Kier alpha value is -1.59. The van der Waals surface area contributed by atoms with Crippen LogP contribution in [0.4, 0.5) is 0 Å². The van der Waals surface area contributed by atoms with Gasteiger partial charge in [0.25, 0.3) is 0 Å². The largest absolute Gasteiger partial charge is 0.353 e. The molecule has 0 aromatic heterocycles. The van der Waals surface area contributed by atoms with E-state index in [9.17, 15) is 9.59 Å². The van der Waals surface area contributed by atoms with E-state index in [1.54, 1.807) is 7.05 Å². The Bertz CT molecular complexity index is 507. The van der Waals surface area contributed by atoms with Crippen LogP contribution in [0.3, 0.4) is 0 Å². The number of carbonyl (C=O) groups is 2. The Labute approximate surface area is 131 Å². The first-order valence-corrected chi connectivity index (χ1v) is 6.87. The van der Waals surface area contributed by atoms with Crippen molar-refractivity contribution in [1.82, 2.24) is 15.5 Å². The lowest BCUT2D eigenvalue weighted by Gasteiger charge is -2.27. The molecule has 0 saturated heterocycles. The smallest absolute Gasteiger partial charge is 0.239 e. The molecule has 0 aliphatic carbocycles. The number of fused-ring (bicyclic) bond motifs is 1. The highest BCUT2D eigenvalue weighted by molar-refractivity contribution is 5.85. The molecule has 1 heterocycles. The zero-order valence-corrected chi connectivity index (χ0v) is 13.2. The van der Waals surface area contributed by atoms with Crippen molar-refractivity contribution >= 4 is 24.2 Å². The molecule has 2 amide bonds. The van der Waals surface area contributed by atoms with Crippen molar-refractivity contribution in [3.63, 3.8) is 0 Å². The van der Waals surface area contributed by atoms with E-state index in [1.165, 1.54) is 23.0 Å². The van der Waals surface area contributed by atoms with E-state index in [0.717, 1.165) is 13.0 Å². The lowest BCUT2D eigenvalue weighted by atomic mass is 9.94. The summed E-state index contributed by atoms with van der Waals surface area (Å²) in [6, 6.07) is 8.44. The van der Waals surface area contributed by atoms with E-state index in [1.807, 2.05) is 12.1 Å². The molecular weight excluding hydrogens is 290 g/mol. The minimum absolute atomic E-state index is 0. The van der Waals surface area contributed by atoms with Crippen molar-refractivity contribution in [3.05, 3.63) is 35.4 Å². The van der Waals surface area contributed by atoms with Crippen molar-refractivity contribution in [2.45, 2.75) is 19.4 Å². The maximum Gasteiger partial charge on any atom is 0.239 e. The van der Waals surface area contributed by atoms with E-state index in [2.05, 4.69) is 22.8 Å². The number of halogens is 1. The van der Waals surface area contributed by atoms with Gasteiger partial charge in [0.15, 0.2) is 0 Å². The molecular formula is C15H22ClN3O2. The summed E-state index contributed by atoms with van der Waals surface area (Å²) in [5.41, 5.74) is 2.59. The molecule has 21 heavy (non-hydrogen) atoms. The fourth-order valence-corrected chi connectivity index (χ4v) is 2.37. The van der Waals surface area contributed by atoms with Crippen LogP contribution in [0.2, 0.25) is 0 Å². The molecule has 1 aliphatic heterocycles. The molecule has 0 spiro atoms. The zero-order valence-electron chi connectivity index (χ0n) is 12.4. The Balaban J connectivity index is 0.00000220. The summed E-state index contributed by atoms with van der Waals surface area (Å²) in [5.74, 6) is -0.242. The second kappa shape index (κ2) is 8.00. The summed E-state index contributed by atoms with van der Waals surface area (Å²) in [4.78, 5) is 24.3. The molecule has 2 rings (SSSR count). The zero-order chi connectivity index (χ0) is 14.5. The highest BCUT2D eigenvalue weighted by atomic mass is 35.5. The van der Waals surface area contributed by atoms with Gasteiger partial charge in [-0.2, -0.15) is 0 Å². The third-order valence-corrected chi connectivity index (χ3v) is 3.64. The third kappa shape index (κ3) is 4.72. The van der Waals surface area contributed by atoms with E-state index >= 15 is 0 Å². The van der Waals surface area contributed by atoms with E-state index in [4.69, 9.17) is 0 Å². The Morgan fingerprint density at radius 3 is 2.81 bits per heavy atom. The Kier molecular flexibility index (Phi) is 6.65. The first kappa shape index (κ1) is 17.5. The SMILES string of the molecule is CC(=O)N(C)CC(=O)NCC1NCCc2ccccc21.Cl. The quantitative estimate of drug-likeness (QED) is 0.868. The number of amides is 2. The highest BCUT2D eigenvalue weighted by Gasteiger charge is 2.19. The standard InChI is InChI=1S/C15H21N3O2.ClH/c1-11(19)18(2)10-15(20)17-9-14-13-6-4-3-5-12(13)7-8-16-14;/h3-6,14,16H,7-10H2,1-2H3,(H,17,20);1H. The van der Waals surface area contributed by atoms with Crippen molar-refractivity contribution in [2.24, 2.45) is 0 Å². The molecule has 1 aromatic rings. The van der Waals surface area contributed by atoms with Crippen LogP contribution in [0.1, 0.15) is 24.1 Å². The third-order valence-electron chi connectivity index (χ3n) is 3.64. The van der Waals surface area contributed by atoms with Crippen LogP contribution in [0.25, 0.3) is 0 Å². The summed E-state index contributed by atoms with van der Waals surface area (Å²) in [6.45, 7) is 3.02. The van der Waals surface area contributed by atoms with Crippen molar-refractivity contribution in [3.8, 4) is 0 Å². The summed E-state index contributed by atoms with van der Waals surface area (Å²) in [6.07, 6.45) is 1.02. The average Bonchev–Trinajstić information content (AvgIpc) is 2.44. The monoisotopic (exact) mass is 311 g/mol. The fourth-order valence-electron chi connectivity index (χ4n) is 2.37. The van der Waals surface area contributed by atoms with Gasteiger partial charge in [-0.15, -0.1) is 12.4 Å². The minimum atomic E-state index is -0.132. The molecule has 1 atom stereocenters. The van der Waals surface area contributed by atoms with Crippen LogP contribution in [-0.4, -0.2) is 43.4 Å². The first-order chi connectivity index (χ1) is 9.58. The van der Waals surface area contributed by atoms with Crippen molar-refractivity contribution in [2.75, 3.05) is 26.7 Å². The van der Waals surface area contributed by atoms with Gasteiger partial charge in [-0.05, 0) is 24.1 Å². The molecule has 2 N–H and O–H groups in total. The topological polar surface area (TPSA) is 61.4 Å². The van der Waals surface area contributed by atoms with Crippen LogP contribution >= 0.6 is 12.4 Å². The van der Waals surface area contributed by atoms with Gasteiger partial charge in [-0.1, -0.05) is 24.3 Å². The van der Waals surface area contributed by atoms with E-state index in [-0.39, 0.29) is 36.8 Å². The molecule has 6 heteroatoms. The van der Waals surface area contributed by atoms with Gasteiger partial charge in [0.05, 0.1) is 6.54 Å². The summed E-state index contributed by atoms with van der Waals surface area (Å²) >= 11 is 0. The lowest BCUT2D eigenvalue weighted by molar-refractivity contribution is -0.133. The second-order valence-electron chi connectivity index (χ2n) is 5.13. The Morgan fingerprint density at radius 2 is 2.10 bits per heavy atom. The van der Waals surface area contributed by atoms with E-state index in [0.29, 0.717) is 6.54 Å². The summed E-state index contributed by atoms with van der Waals surface area (Å²) < 4.78 is 0. The van der Waals surface area contributed by atoms with Gasteiger partial charge in [-0.3, -0.25) is 9.59 Å². The molecule has 5 nitrogen and oxygen atoms in total. The number of benzene rings is 1. The van der Waals surface area contributed by atoms with Crippen molar-refractivity contribution < 1.29 is 9.59 Å². The van der Waals surface area contributed by atoms with Gasteiger partial charge in [-0.25, -0.2) is 0 Å². The van der Waals surface area contributed by atoms with Crippen LogP contribution in [0, 0.1) is 0 Å². The summed E-state index contributed by atoms with van der Waals surface area (Å²) in [7, 11) is 1.62. The van der Waals surface area contributed by atoms with Crippen LogP contribution < -0.4 is 10.6 Å². The molecule has 0 saturated carbocycles. The molecule has 1 aromatic carbocycles. The van der Waals surface area contributed by atoms with Gasteiger partial charge in [0, 0.05) is 26.6 Å². The number of nitrogens with zero attached hydrogens (tertiary/aromatic N) is 1. The van der Waals surface area contributed by atoms with Gasteiger partial charge in [0.1, 0.15) is 0 Å². The number of rotatable bonds is 4. The molecule has 0 bridgehead atoms. The molecule has 0 fully saturated rings. The first-order valence-electron chi connectivity index (χ1n) is 6.87. The molecule has 1 aliphatic rings. The number of hydrogen-bond donors (Lipinski definition) is 2. The predicted octanol–water partition coefficient (Wildman–Crippen LogP) is 0.890. The second-order valence-corrected chi connectivity index (χ2v) is 5.13. The maximum atomic E-state index is 11.8. The fraction of sp³-hybridized carbons (Fsp3) is 0.467. The minimum Gasteiger partial charge on any atom is -0.353 e. The predicted molar refractivity (Wildman–Crippen MR) is 84.5 cm³/mol. The number of likely N-dealkylation sites (N-methyl/N-ethyl adjacent to an activating group) is 1. The highest BCUT2D eigenvalue weighted by Crippen LogP contribution is 2.21. The summed E-state index contributed by atoms with van der Waals surface area (Å²) in [5, 5.41) is 6.30. The van der Waals surface area contributed by atoms with Crippen LogP contribution in [0.5, 0.6) is 0 Å². The normalized spacial score (nSPS) is 16.4. The lowest BCUT2D eigenvalue weighted by Crippen LogP contribution is -2.42. The number of nitrogens with one attached hydrogen (secondary N) is 2. The number of hydrogen-bond acceptors (Lipinski definition) is 3. The molecule has 116 valence electrons. The van der Waals surface area contributed by atoms with Gasteiger partial charge in [0.2, 0.25) is 11.8 Å². The van der Waals surface area contributed by atoms with Gasteiger partial charge >= 0.3 is 0 Å². The van der Waals surface area contributed by atoms with Crippen LogP contribution in [-0.2, 0) is 16.0 Å². The van der Waals surface area contributed by atoms with E-state index < -0.39 is 0 Å². The average molecular weight is 312 g/mol. The molecule has 0 radical (unpaired) electrons. The Morgan fingerprint density at radius 1 is 1.38 bits per heavy atom.